The highest BCUT2D eigenvalue weighted by Crippen LogP contribution is 2.38. The number of morpholine rings is 1. The molecule has 1 unspecified atom stereocenters. The quantitative estimate of drug-likeness (QED) is 0.278. The topological polar surface area (TPSA) is 117 Å². The number of methoxy groups -OCH3 is 2. The summed E-state index contributed by atoms with van der Waals surface area (Å²) in [6.45, 7) is 3.49. The molecule has 1 saturated heterocycles. The molecule has 0 aliphatic carbocycles. The van der Waals surface area contributed by atoms with Crippen molar-refractivity contribution in [3.63, 3.8) is 0 Å². The predicted molar refractivity (Wildman–Crippen MR) is 151 cm³/mol. The molecule has 0 saturated carbocycles. The summed E-state index contributed by atoms with van der Waals surface area (Å²) in [5.74, 6) is 1.58. The van der Waals surface area contributed by atoms with Gasteiger partial charge in [0, 0.05) is 43.5 Å². The number of H-pyrrole nitrogens is 2. The minimum absolute atomic E-state index is 0.0144. The van der Waals surface area contributed by atoms with Gasteiger partial charge in [-0.15, -0.1) is 0 Å². The van der Waals surface area contributed by atoms with Crippen LogP contribution in [0.3, 0.4) is 0 Å². The lowest BCUT2D eigenvalue weighted by atomic mass is 10.0. The molecule has 0 radical (unpaired) electrons. The van der Waals surface area contributed by atoms with Gasteiger partial charge in [-0.1, -0.05) is 18.2 Å². The number of hydrogen-bond acceptors (Lipinski definition) is 8. The molecular weight excluding hydrogens is 496 g/mol. The first-order chi connectivity index (χ1) is 19.2. The Morgan fingerprint density at radius 2 is 1.82 bits per heavy atom. The van der Waals surface area contributed by atoms with Crippen LogP contribution in [0.5, 0.6) is 11.5 Å². The van der Waals surface area contributed by atoms with E-state index in [1.807, 2.05) is 42.6 Å². The molecule has 0 bridgehead atoms. The molecule has 3 N–H and O–H groups in total. The average molecular weight is 527 g/mol. The second kappa shape index (κ2) is 10.8. The zero-order chi connectivity index (χ0) is 26.8. The number of rotatable bonds is 8. The zero-order valence-electron chi connectivity index (χ0n) is 21.9. The molecule has 2 aromatic carbocycles. The first-order valence-electron chi connectivity index (χ1n) is 12.9. The summed E-state index contributed by atoms with van der Waals surface area (Å²) in [5.41, 5.74) is 4.18. The Bertz CT molecular complexity index is 1630. The van der Waals surface area contributed by atoms with Crippen LogP contribution in [0.1, 0.15) is 11.6 Å². The van der Waals surface area contributed by atoms with Crippen molar-refractivity contribution in [1.82, 2.24) is 24.8 Å². The summed E-state index contributed by atoms with van der Waals surface area (Å²) < 4.78 is 16.7. The Morgan fingerprint density at radius 3 is 2.56 bits per heavy atom. The van der Waals surface area contributed by atoms with Crippen molar-refractivity contribution in [1.29, 1.82) is 0 Å². The maximum absolute atomic E-state index is 13.6. The molecule has 200 valence electrons. The summed E-state index contributed by atoms with van der Waals surface area (Å²) in [5, 5.41) is 4.42. The normalized spacial score (nSPS) is 14.9. The summed E-state index contributed by atoms with van der Waals surface area (Å²) in [6, 6.07) is 15.4. The van der Waals surface area contributed by atoms with E-state index >= 15 is 0 Å². The molecule has 1 aliphatic rings. The third-order valence-corrected chi connectivity index (χ3v) is 7.17. The number of anilines is 1. The minimum atomic E-state index is -0.263. The molecule has 0 spiro atoms. The van der Waals surface area contributed by atoms with Crippen molar-refractivity contribution < 1.29 is 14.2 Å². The van der Waals surface area contributed by atoms with E-state index in [2.05, 4.69) is 31.2 Å². The molecule has 1 aliphatic heterocycles. The van der Waals surface area contributed by atoms with Crippen LogP contribution < -0.4 is 20.3 Å². The van der Waals surface area contributed by atoms with Crippen LogP contribution in [-0.4, -0.2) is 71.9 Å². The minimum Gasteiger partial charge on any atom is -0.493 e. The second-order valence-electron chi connectivity index (χ2n) is 9.39. The highest BCUT2D eigenvalue weighted by atomic mass is 16.5. The van der Waals surface area contributed by atoms with Crippen molar-refractivity contribution in [2.45, 2.75) is 6.04 Å². The maximum atomic E-state index is 13.6. The van der Waals surface area contributed by atoms with Gasteiger partial charge in [-0.05, 0) is 29.8 Å². The molecule has 10 heteroatoms. The van der Waals surface area contributed by atoms with Gasteiger partial charge in [0.05, 0.1) is 55.7 Å². The predicted octanol–water partition coefficient (Wildman–Crippen LogP) is 3.97. The van der Waals surface area contributed by atoms with Gasteiger partial charge >= 0.3 is 0 Å². The number of nitrogens with one attached hydrogen (secondary N) is 3. The van der Waals surface area contributed by atoms with E-state index in [9.17, 15) is 4.79 Å². The lowest BCUT2D eigenvalue weighted by Crippen LogP contribution is -2.41. The van der Waals surface area contributed by atoms with Gasteiger partial charge in [-0.2, -0.15) is 0 Å². The largest absolute Gasteiger partial charge is 0.493 e. The van der Waals surface area contributed by atoms with E-state index in [1.165, 1.54) is 0 Å². The fraction of sp³-hybridized carbons (Fsp3) is 0.276. The van der Waals surface area contributed by atoms with Crippen LogP contribution >= 0.6 is 0 Å². The SMILES string of the molecule is COc1cc2[nH]c(=O)c(-c3nc4ccccc4[nH]3)c(NCC(c3cccnc3)N3CCOCC3)c2cc1OC. The van der Waals surface area contributed by atoms with E-state index < -0.39 is 0 Å². The van der Waals surface area contributed by atoms with E-state index in [1.54, 1.807) is 26.5 Å². The van der Waals surface area contributed by atoms with Crippen LogP contribution in [0.2, 0.25) is 0 Å². The maximum Gasteiger partial charge on any atom is 0.261 e. The number of pyridine rings is 2. The number of aromatic amines is 2. The molecule has 0 amide bonds. The van der Waals surface area contributed by atoms with E-state index in [0.29, 0.717) is 53.8 Å². The molecule has 1 fully saturated rings. The van der Waals surface area contributed by atoms with Gasteiger partial charge in [-0.25, -0.2) is 4.98 Å². The molecule has 10 nitrogen and oxygen atoms in total. The summed E-state index contributed by atoms with van der Waals surface area (Å²) >= 11 is 0. The van der Waals surface area contributed by atoms with Crippen LogP contribution in [-0.2, 0) is 4.74 Å². The third kappa shape index (κ3) is 4.80. The molecule has 39 heavy (non-hydrogen) atoms. The molecule has 4 heterocycles. The lowest BCUT2D eigenvalue weighted by molar-refractivity contribution is 0.0186. The Labute approximate surface area is 225 Å². The van der Waals surface area contributed by atoms with Crippen molar-refractivity contribution in [3.8, 4) is 22.9 Å². The third-order valence-electron chi connectivity index (χ3n) is 7.17. The van der Waals surface area contributed by atoms with E-state index in [4.69, 9.17) is 19.2 Å². The van der Waals surface area contributed by atoms with Crippen LogP contribution in [0.25, 0.3) is 33.3 Å². The number of benzene rings is 2. The number of nitrogens with zero attached hydrogens (tertiary/aromatic N) is 3. The van der Waals surface area contributed by atoms with Gasteiger partial charge in [0.15, 0.2) is 11.5 Å². The highest BCUT2D eigenvalue weighted by Gasteiger charge is 2.25. The number of para-hydroxylation sites is 2. The number of fused-ring (bicyclic) bond motifs is 2. The highest BCUT2D eigenvalue weighted by molar-refractivity contribution is 6.00. The van der Waals surface area contributed by atoms with Gasteiger partial charge < -0.3 is 29.5 Å². The van der Waals surface area contributed by atoms with Gasteiger partial charge in [0.2, 0.25) is 0 Å². The van der Waals surface area contributed by atoms with E-state index in [-0.39, 0.29) is 11.6 Å². The fourth-order valence-corrected chi connectivity index (χ4v) is 5.22. The Kier molecular flexibility index (Phi) is 6.87. The van der Waals surface area contributed by atoms with Crippen LogP contribution in [0.15, 0.2) is 65.7 Å². The van der Waals surface area contributed by atoms with Gasteiger partial charge in [-0.3, -0.25) is 14.7 Å². The number of hydrogen-bond donors (Lipinski definition) is 3. The molecule has 3 aromatic heterocycles. The summed E-state index contributed by atoms with van der Waals surface area (Å²) in [4.78, 5) is 31.5. The lowest BCUT2D eigenvalue weighted by Gasteiger charge is -2.35. The number of aromatic nitrogens is 4. The summed E-state index contributed by atoms with van der Waals surface area (Å²) in [6.07, 6.45) is 3.67. The van der Waals surface area contributed by atoms with Crippen molar-refractivity contribution in [3.05, 3.63) is 76.8 Å². The number of imidazole rings is 1. The monoisotopic (exact) mass is 526 g/mol. The Balaban J connectivity index is 1.50. The zero-order valence-corrected chi connectivity index (χ0v) is 21.9. The van der Waals surface area contributed by atoms with Crippen molar-refractivity contribution in [2.75, 3.05) is 52.4 Å². The smallest absolute Gasteiger partial charge is 0.261 e. The first kappa shape index (κ1) is 24.9. The average Bonchev–Trinajstić information content (AvgIpc) is 3.41. The standard InChI is InChI=1S/C29H30N6O4/c1-37-24-14-19-22(15-25(24)38-2)34-29(36)26(28-32-20-7-3-4-8-21(20)33-28)27(19)31-17-23(18-6-5-9-30-16-18)35-10-12-39-13-11-35/h3-9,14-16,23H,10-13,17H2,1-2H3,(H,32,33)(H2,31,34,36). The van der Waals surface area contributed by atoms with Crippen molar-refractivity contribution in [2.24, 2.45) is 0 Å². The fourth-order valence-electron chi connectivity index (χ4n) is 5.22. The van der Waals surface area contributed by atoms with E-state index in [0.717, 1.165) is 35.1 Å². The van der Waals surface area contributed by atoms with Crippen LogP contribution in [0, 0.1) is 0 Å². The Hall–Kier alpha value is -4.41. The van der Waals surface area contributed by atoms with Gasteiger partial charge in [0.1, 0.15) is 11.4 Å². The van der Waals surface area contributed by atoms with Crippen LogP contribution in [0.4, 0.5) is 5.69 Å². The van der Waals surface area contributed by atoms with Gasteiger partial charge in [0.25, 0.3) is 5.56 Å². The molecule has 1 atom stereocenters. The molecule has 6 rings (SSSR count). The van der Waals surface area contributed by atoms with Crippen molar-refractivity contribution >= 4 is 27.6 Å². The Morgan fingerprint density at radius 1 is 1.03 bits per heavy atom. The first-order valence-corrected chi connectivity index (χ1v) is 12.9. The molecule has 5 aromatic rings. The number of ether oxygens (including phenoxy) is 3. The molecular formula is C29H30N6O4. The second-order valence-corrected chi connectivity index (χ2v) is 9.39. The summed E-state index contributed by atoms with van der Waals surface area (Å²) in [7, 11) is 3.17.